The fraction of sp³-hybridized carbons (Fsp3) is 0.333. The van der Waals surface area contributed by atoms with E-state index in [1.165, 1.54) is 16.2 Å². The predicted molar refractivity (Wildman–Crippen MR) is 112 cm³/mol. The van der Waals surface area contributed by atoms with E-state index in [9.17, 15) is 14.4 Å². The lowest BCUT2D eigenvalue weighted by molar-refractivity contribution is -0.147. The quantitative estimate of drug-likeness (QED) is 0.561. The predicted octanol–water partition coefficient (Wildman–Crippen LogP) is 2.32. The third-order valence-corrected chi connectivity index (χ3v) is 6.23. The molecular weight excluding hydrogens is 422 g/mol. The van der Waals surface area contributed by atoms with E-state index in [0.29, 0.717) is 23.0 Å². The summed E-state index contributed by atoms with van der Waals surface area (Å²) in [6.45, 7) is 2.64. The lowest BCUT2D eigenvalue weighted by atomic mass is 10.1. The Morgan fingerprint density at radius 3 is 2.89 bits per heavy atom. The van der Waals surface area contributed by atoms with Gasteiger partial charge in [-0.05, 0) is 25.2 Å². The zero-order valence-corrected chi connectivity index (χ0v) is 17.4. The van der Waals surface area contributed by atoms with Gasteiger partial charge < -0.3 is 15.0 Å². The van der Waals surface area contributed by atoms with Crippen LogP contribution in [0.1, 0.15) is 23.0 Å². The van der Waals surface area contributed by atoms with Crippen LogP contribution in [0.15, 0.2) is 24.3 Å². The molecule has 3 rings (SSSR count). The number of thiocarbonyl (C=S) groups is 1. The first-order chi connectivity index (χ1) is 13.4. The zero-order chi connectivity index (χ0) is 20.3. The molecule has 148 valence electrons. The van der Waals surface area contributed by atoms with Crippen LogP contribution in [0.25, 0.3) is 10.1 Å². The SMILES string of the molecule is CCOC(=O)CC1C(=O)NCCN1C(=S)NC(=O)c1sc2ccccc2c1Cl. The number of halogens is 1. The second-order valence-electron chi connectivity index (χ2n) is 6.01. The van der Waals surface area contributed by atoms with Crippen molar-refractivity contribution in [3.63, 3.8) is 0 Å². The van der Waals surface area contributed by atoms with Gasteiger partial charge in [0.15, 0.2) is 5.11 Å². The van der Waals surface area contributed by atoms with E-state index >= 15 is 0 Å². The minimum Gasteiger partial charge on any atom is -0.466 e. The Hall–Kier alpha value is -2.23. The number of hydrogen-bond acceptors (Lipinski definition) is 6. The van der Waals surface area contributed by atoms with Crippen LogP contribution in [-0.4, -0.2) is 53.5 Å². The normalized spacial score (nSPS) is 16.6. The first-order valence-corrected chi connectivity index (χ1v) is 10.2. The summed E-state index contributed by atoms with van der Waals surface area (Å²) >= 11 is 13.0. The molecule has 1 saturated heterocycles. The molecule has 1 aromatic carbocycles. The van der Waals surface area contributed by atoms with Crippen LogP contribution in [0.3, 0.4) is 0 Å². The van der Waals surface area contributed by atoms with Crippen molar-refractivity contribution >= 4 is 68.1 Å². The largest absolute Gasteiger partial charge is 0.466 e. The van der Waals surface area contributed by atoms with Crippen molar-refractivity contribution in [3.8, 4) is 0 Å². The van der Waals surface area contributed by atoms with E-state index in [-0.39, 0.29) is 24.0 Å². The van der Waals surface area contributed by atoms with Crippen LogP contribution >= 0.6 is 35.2 Å². The Morgan fingerprint density at radius 1 is 1.43 bits per heavy atom. The van der Waals surface area contributed by atoms with Gasteiger partial charge in [-0.25, -0.2) is 0 Å². The molecule has 0 bridgehead atoms. The number of benzene rings is 1. The molecule has 0 aliphatic carbocycles. The molecule has 1 atom stereocenters. The van der Waals surface area contributed by atoms with Crippen molar-refractivity contribution in [2.24, 2.45) is 0 Å². The number of hydrogen-bond donors (Lipinski definition) is 2. The molecule has 7 nitrogen and oxygen atoms in total. The highest BCUT2D eigenvalue weighted by molar-refractivity contribution is 7.80. The Morgan fingerprint density at radius 2 is 2.18 bits per heavy atom. The average molecular weight is 440 g/mol. The smallest absolute Gasteiger partial charge is 0.308 e. The summed E-state index contributed by atoms with van der Waals surface area (Å²) in [5.41, 5.74) is 0. The van der Waals surface area contributed by atoms with Crippen LogP contribution in [0.5, 0.6) is 0 Å². The summed E-state index contributed by atoms with van der Waals surface area (Å²) in [7, 11) is 0. The van der Waals surface area contributed by atoms with E-state index in [4.69, 9.17) is 28.6 Å². The molecule has 1 fully saturated rings. The molecule has 1 aliphatic heterocycles. The van der Waals surface area contributed by atoms with E-state index in [1.807, 2.05) is 24.3 Å². The molecule has 2 amide bonds. The van der Waals surface area contributed by atoms with Crippen LogP contribution in [0, 0.1) is 0 Å². The van der Waals surface area contributed by atoms with Crippen molar-refractivity contribution in [3.05, 3.63) is 34.2 Å². The second kappa shape index (κ2) is 8.85. The molecule has 0 spiro atoms. The van der Waals surface area contributed by atoms with Gasteiger partial charge in [0.2, 0.25) is 5.91 Å². The van der Waals surface area contributed by atoms with Gasteiger partial charge in [-0.2, -0.15) is 0 Å². The summed E-state index contributed by atoms with van der Waals surface area (Å²) in [6.07, 6.45) is -0.153. The van der Waals surface area contributed by atoms with Crippen molar-refractivity contribution in [2.75, 3.05) is 19.7 Å². The number of ether oxygens (including phenoxy) is 1. The molecular formula is C18H18ClN3O4S2. The summed E-state index contributed by atoms with van der Waals surface area (Å²) in [5.74, 6) is -1.29. The van der Waals surface area contributed by atoms with E-state index in [1.54, 1.807) is 6.92 Å². The van der Waals surface area contributed by atoms with Crippen LogP contribution in [0.2, 0.25) is 5.02 Å². The number of piperazine rings is 1. The maximum atomic E-state index is 12.7. The Kier molecular flexibility index (Phi) is 6.48. The number of amides is 2. The maximum Gasteiger partial charge on any atom is 0.308 e. The molecule has 0 saturated carbocycles. The Balaban J connectivity index is 1.75. The number of nitrogens with zero attached hydrogens (tertiary/aromatic N) is 1. The number of carbonyl (C=O) groups is 3. The molecule has 10 heteroatoms. The van der Waals surface area contributed by atoms with Gasteiger partial charge in [0, 0.05) is 23.2 Å². The maximum absolute atomic E-state index is 12.7. The van der Waals surface area contributed by atoms with Crippen LogP contribution < -0.4 is 10.6 Å². The molecule has 28 heavy (non-hydrogen) atoms. The number of carbonyl (C=O) groups excluding carboxylic acids is 3. The van der Waals surface area contributed by atoms with Gasteiger partial charge in [-0.1, -0.05) is 29.8 Å². The van der Waals surface area contributed by atoms with E-state index in [2.05, 4.69) is 10.6 Å². The van der Waals surface area contributed by atoms with Gasteiger partial charge in [0.1, 0.15) is 10.9 Å². The van der Waals surface area contributed by atoms with Gasteiger partial charge in [0.25, 0.3) is 5.91 Å². The van der Waals surface area contributed by atoms with Gasteiger partial charge in [0.05, 0.1) is 18.1 Å². The summed E-state index contributed by atoms with van der Waals surface area (Å²) in [4.78, 5) is 38.6. The molecule has 2 heterocycles. The summed E-state index contributed by atoms with van der Waals surface area (Å²) in [5, 5.41) is 6.56. The number of esters is 1. The third kappa shape index (κ3) is 4.26. The van der Waals surface area contributed by atoms with Gasteiger partial charge in [-0.3, -0.25) is 19.7 Å². The monoisotopic (exact) mass is 439 g/mol. The fourth-order valence-corrected chi connectivity index (χ4v) is 4.65. The number of thiophene rings is 1. The minimum atomic E-state index is -0.835. The van der Waals surface area contributed by atoms with Crippen molar-refractivity contribution in [1.29, 1.82) is 0 Å². The first kappa shape index (κ1) is 20.5. The Bertz CT molecular complexity index is 946. The van der Waals surface area contributed by atoms with E-state index in [0.717, 1.165) is 10.1 Å². The average Bonchev–Trinajstić information content (AvgIpc) is 3.00. The molecule has 1 aromatic heterocycles. The lowest BCUT2D eigenvalue weighted by Gasteiger charge is -2.36. The minimum absolute atomic E-state index is 0.0719. The molecule has 2 aromatic rings. The van der Waals surface area contributed by atoms with Gasteiger partial charge >= 0.3 is 5.97 Å². The lowest BCUT2D eigenvalue weighted by Crippen LogP contribution is -2.60. The van der Waals surface area contributed by atoms with Crippen LogP contribution in [-0.2, 0) is 14.3 Å². The molecule has 1 aliphatic rings. The zero-order valence-electron chi connectivity index (χ0n) is 15.0. The van der Waals surface area contributed by atoms with Crippen molar-refractivity contribution < 1.29 is 19.1 Å². The number of rotatable bonds is 4. The van der Waals surface area contributed by atoms with Crippen molar-refractivity contribution in [1.82, 2.24) is 15.5 Å². The molecule has 1 unspecified atom stereocenters. The van der Waals surface area contributed by atoms with E-state index < -0.39 is 17.9 Å². The number of nitrogens with one attached hydrogen (secondary N) is 2. The second-order valence-corrected chi connectivity index (χ2v) is 7.83. The highest BCUT2D eigenvalue weighted by Gasteiger charge is 2.34. The first-order valence-electron chi connectivity index (χ1n) is 8.64. The van der Waals surface area contributed by atoms with Crippen LogP contribution in [0.4, 0.5) is 0 Å². The van der Waals surface area contributed by atoms with Gasteiger partial charge in [-0.15, -0.1) is 11.3 Å². The molecule has 0 radical (unpaired) electrons. The molecule has 2 N–H and O–H groups in total. The summed E-state index contributed by atoms with van der Waals surface area (Å²) < 4.78 is 5.82. The highest BCUT2D eigenvalue weighted by Crippen LogP contribution is 2.35. The fourth-order valence-electron chi connectivity index (χ4n) is 2.92. The third-order valence-electron chi connectivity index (χ3n) is 4.22. The topological polar surface area (TPSA) is 87.7 Å². The summed E-state index contributed by atoms with van der Waals surface area (Å²) in [6, 6.07) is 6.60. The number of fused-ring (bicyclic) bond motifs is 1. The Labute approximate surface area is 176 Å². The highest BCUT2D eigenvalue weighted by atomic mass is 35.5. The standard InChI is InChI=1S/C18H18ClN3O4S2/c1-2-26-13(23)9-11-16(24)20-7-8-22(11)18(27)21-17(25)15-14(19)10-5-3-4-6-12(10)28-15/h3-6,11H,2,7-9H2,1H3,(H,20,24)(H,21,25,27). The van der Waals surface area contributed by atoms with Crippen molar-refractivity contribution in [2.45, 2.75) is 19.4 Å².